The van der Waals surface area contributed by atoms with Gasteiger partial charge in [0.25, 0.3) is 5.78 Å². The van der Waals surface area contributed by atoms with Gasteiger partial charge in [-0.25, -0.2) is 4.79 Å². The third-order valence-corrected chi connectivity index (χ3v) is 3.77. The second-order valence-electron chi connectivity index (χ2n) is 4.11. The van der Waals surface area contributed by atoms with Crippen LogP contribution in [0.5, 0.6) is 0 Å². The molecule has 21 heavy (non-hydrogen) atoms. The molecule has 0 amide bonds. The van der Waals surface area contributed by atoms with E-state index in [1.54, 1.807) is 0 Å². The summed E-state index contributed by atoms with van der Waals surface area (Å²) in [4.78, 5) is 23.4. The highest BCUT2D eigenvalue weighted by Gasteiger charge is 2.34. The number of halogens is 3. The molecule has 0 aromatic carbocycles. The van der Waals surface area contributed by atoms with Crippen LogP contribution in [0.1, 0.15) is 19.8 Å². The predicted molar refractivity (Wildman–Crippen MR) is 79.2 cm³/mol. The van der Waals surface area contributed by atoms with Gasteiger partial charge in [0.2, 0.25) is 6.10 Å². The molecule has 1 heterocycles. The molecule has 1 unspecified atom stereocenters. The molecule has 1 atom stereocenters. The molecule has 5 nitrogen and oxygen atoms in total. The molecule has 0 fully saturated rings. The SMILES string of the molecule is CCCCOCCOC(=O)C(=O)C1OC=C(Cl)C(Cl)=C1Cl. The molecule has 118 valence electrons. The Morgan fingerprint density at radius 1 is 1.24 bits per heavy atom. The van der Waals surface area contributed by atoms with Gasteiger partial charge in [0.05, 0.1) is 21.7 Å². The van der Waals surface area contributed by atoms with E-state index in [1.165, 1.54) is 0 Å². The highest BCUT2D eigenvalue weighted by Crippen LogP contribution is 2.33. The standard InChI is InChI=1S/C13H15Cl3O5/c1-2-3-4-19-5-6-20-13(18)11(17)12-10(16)9(15)8(14)7-21-12/h7,12H,2-6H2,1H3. The van der Waals surface area contributed by atoms with Crippen LogP contribution in [0.2, 0.25) is 0 Å². The van der Waals surface area contributed by atoms with Crippen LogP contribution < -0.4 is 0 Å². The lowest BCUT2D eigenvalue weighted by molar-refractivity contribution is -0.157. The quantitative estimate of drug-likeness (QED) is 0.379. The van der Waals surface area contributed by atoms with Crippen LogP contribution >= 0.6 is 34.8 Å². The fourth-order valence-electron chi connectivity index (χ4n) is 1.37. The molecular formula is C13H15Cl3O5. The van der Waals surface area contributed by atoms with E-state index in [-0.39, 0.29) is 28.3 Å². The van der Waals surface area contributed by atoms with Crippen molar-refractivity contribution in [3.63, 3.8) is 0 Å². The van der Waals surface area contributed by atoms with Crippen molar-refractivity contribution >= 4 is 46.6 Å². The number of carbonyl (C=O) groups excluding carboxylic acids is 2. The Morgan fingerprint density at radius 3 is 2.62 bits per heavy atom. The maximum atomic E-state index is 11.8. The van der Waals surface area contributed by atoms with Crippen molar-refractivity contribution < 1.29 is 23.8 Å². The zero-order valence-corrected chi connectivity index (χ0v) is 13.6. The molecule has 1 aliphatic rings. The largest absolute Gasteiger partial charge is 0.482 e. The summed E-state index contributed by atoms with van der Waals surface area (Å²) >= 11 is 17.3. The van der Waals surface area contributed by atoms with Crippen molar-refractivity contribution in [2.45, 2.75) is 25.9 Å². The van der Waals surface area contributed by atoms with Gasteiger partial charge in [-0.2, -0.15) is 0 Å². The summed E-state index contributed by atoms with van der Waals surface area (Å²) in [6, 6.07) is 0. The van der Waals surface area contributed by atoms with E-state index in [1.807, 2.05) is 6.92 Å². The van der Waals surface area contributed by atoms with E-state index >= 15 is 0 Å². The fourth-order valence-corrected chi connectivity index (χ4v) is 1.96. The average Bonchev–Trinajstić information content (AvgIpc) is 2.47. The summed E-state index contributed by atoms with van der Waals surface area (Å²) in [6.45, 7) is 2.82. The summed E-state index contributed by atoms with van der Waals surface area (Å²) in [5, 5.41) is -0.118. The molecule has 0 saturated carbocycles. The average molecular weight is 358 g/mol. The summed E-state index contributed by atoms with van der Waals surface area (Å²) in [5.41, 5.74) is 0. The van der Waals surface area contributed by atoms with E-state index in [0.29, 0.717) is 6.61 Å². The second-order valence-corrected chi connectivity index (χ2v) is 5.30. The lowest BCUT2D eigenvalue weighted by Gasteiger charge is -2.19. The van der Waals surface area contributed by atoms with Crippen LogP contribution in [0.15, 0.2) is 21.4 Å². The number of ether oxygens (including phenoxy) is 3. The Bertz CT molecular complexity index is 459. The van der Waals surface area contributed by atoms with Gasteiger partial charge < -0.3 is 14.2 Å². The second kappa shape index (κ2) is 9.30. The van der Waals surface area contributed by atoms with Crippen LogP contribution in [0, 0.1) is 0 Å². The van der Waals surface area contributed by atoms with Crippen molar-refractivity contribution in [2.24, 2.45) is 0 Å². The van der Waals surface area contributed by atoms with Gasteiger partial charge in [0, 0.05) is 6.61 Å². The topological polar surface area (TPSA) is 61.8 Å². The highest BCUT2D eigenvalue weighted by molar-refractivity contribution is 6.50. The molecular weight excluding hydrogens is 342 g/mol. The van der Waals surface area contributed by atoms with Crippen molar-refractivity contribution in [3.05, 3.63) is 21.4 Å². The van der Waals surface area contributed by atoms with Crippen molar-refractivity contribution in [3.8, 4) is 0 Å². The van der Waals surface area contributed by atoms with E-state index in [2.05, 4.69) is 0 Å². The van der Waals surface area contributed by atoms with Crippen LogP contribution in [-0.2, 0) is 23.8 Å². The van der Waals surface area contributed by atoms with Gasteiger partial charge in [-0.05, 0) is 6.42 Å². The summed E-state index contributed by atoms with van der Waals surface area (Å²) < 4.78 is 14.9. The Morgan fingerprint density at radius 2 is 1.95 bits per heavy atom. The summed E-state index contributed by atoms with van der Waals surface area (Å²) in [6.07, 6.45) is 1.67. The minimum absolute atomic E-state index is 0.0212. The highest BCUT2D eigenvalue weighted by atomic mass is 35.5. The summed E-state index contributed by atoms with van der Waals surface area (Å²) in [7, 11) is 0. The van der Waals surface area contributed by atoms with Crippen LogP contribution in [-0.4, -0.2) is 37.7 Å². The molecule has 0 N–H and O–H groups in total. The number of hydrogen-bond donors (Lipinski definition) is 0. The van der Waals surface area contributed by atoms with Gasteiger partial charge in [0.1, 0.15) is 12.9 Å². The minimum atomic E-state index is -1.32. The van der Waals surface area contributed by atoms with Gasteiger partial charge in [-0.1, -0.05) is 48.1 Å². The van der Waals surface area contributed by atoms with Crippen molar-refractivity contribution in [1.29, 1.82) is 0 Å². The number of carbonyl (C=O) groups is 2. The Balaban J connectivity index is 2.40. The van der Waals surface area contributed by atoms with Gasteiger partial charge in [-0.3, -0.25) is 4.79 Å². The lowest BCUT2D eigenvalue weighted by Crippen LogP contribution is -2.34. The number of esters is 1. The third-order valence-electron chi connectivity index (χ3n) is 2.50. The van der Waals surface area contributed by atoms with Crippen LogP contribution in [0.4, 0.5) is 0 Å². The lowest BCUT2D eigenvalue weighted by atomic mass is 10.2. The van der Waals surface area contributed by atoms with Crippen molar-refractivity contribution in [2.75, 3.05) is 19.8 Å². The zero-order chi connectivity index (χ0) is 15.8. The first kappa shape index (κ1) is 18.3. The van der Waals surface area contributed by atoms with Gasteiger partial charge >= 0.3 is 5.97 Å². The van der Waals surface area contributed by atoms with Gasteiger partial charge in [-0.15, -0.1) is 0 Å². The zero-order valence-electron chi connectivity index (χ0n) is 11.4. The van der Waals surface area contributed by atoms with Crippen LogP contribution in [0.25, 0.3) is 0 Å². The van der Waals surface area contributed by atoms with E-state index in [0.717, 1.165) is 19.1 Å². The normalized spacial score (nSPS) is 18.1. The summed E-state index contributed by atoms with van der Waals surface area (Å²) in [5.74, 6) is -2.01. The van der Waals surface area contributed by atoms with E-state index < -0.39 is 17.9 Å². The molecule has 0 aromatic rings. The Kier molecular flexibility index (Phi) is 8.11. The van der Waals surface area contributed by atoms with E-state index in [9.17, 15) is 9.59 Å². The first-order valence-electron chi connectivity index (χ1n) is 6.34. The maximum absolute atomic E-state index is 11.8. The minimum Gasteiger partial charge on any atom is -0.482 e. The third kappa shape index (κ3) is 5.51. The van der Waals surface area contributed by atoms with Crippen LogP contribution in [0.3, 0.4) is 0 Å². The number of ketones is 1. The maximum Gasteiger partial charge on any atom is 0.379 e. The molecule has 0 spiro atoms. The molecule has 0 aliphatic carbocycles. The monoisotopic (exact) mass is 356 g/mol. The molecule has 1 rings (SSSR count). The molecule has 0 radical (unpaired) electrons. The first-order valence-corrected chi connectivity index (χ1v) is 7.47. The number of allylic oxidation sites excluding steroid dienone is 2. The number of hydrogen-bond acceptors (Lipinski definition) is 5. The van der Waals surface area contributed by atoms with Crippen molar-refractivity contribution in [1.82, 2.24) is 0 Å². The number of rotatable bonds is 8. The Hall–Kier alpha value is -0.750. The molecule has 0 saturated heterocycles. The molecule has 0 aromatic heterocycles. The first-order chi connectivity index (χ1) is 9.99. The fraction of sp³-hybridized carbons (Fsp3) is 0.538. The number of unbranched alkanes of at least 4 members (excludes halogenated alkanes) is 1. The van der Waals surface area contributed by atoms with E-state index in [4.69, 9.17) is 49.0 Å². The van der Waals surface area contributed by atoms with Gasteiger partial charge in [0.15, 0.2) is 0 Å². The Labute approximate surface area is 137 Å². The molecule has 1 aliphatic heterocycles. The molecule has 0 bridgehead atoms. The number of Topliss-reactive ketones (excluding diaryl/α,β-unsaturated/α-hetero) is 1. The molecule has 8 heteroatoms. The predicted octanol–water partition coefficient (Wildman–Crippen LogP) is 3.08. The smallest absolute Gasteiger partial charge is 0.379 e.